The highest BCUT2D eigenvalue weighted by molar-refractivity contribution is 7.93. The van der Waals surface area contributed by atoms with E-state index in [2.05, 4.69) is 21.6 Å². The van der Waals surface area contributed by atoms with E-state index in [1.165, 1.54) is 0 Å². The van der Waals surface area contributed by atoms with Gasteiger partial charge in [0, 0.05) is 23.3 Å². The average Bonchev–Trinajstić information content (AvgIpc) is 3.41. The van der Waals surface area contributed by atoms with E-state index < -0.39 is 10.0 Å². The van der Waals surface area contributed by atoms with Gasteiger partial charge in [0.1, 0.15) is 11.5 Å². The Morgan fingerprint density at radius 1 is 1.16 bits per heavy atom. The molecule has 2 heterocycles. The monoisotopic (exact) mass is 438 g/mol. The Kier molecular flexibility index (Phi) is 4.97. The standard InChI is InChI=1S/C23H26N4O3S/c1-2-15-12-16(26-31(29,30)18-4-3-5-18)6-9-19(15)21-13-22(27(14-28)17-7-8-17)25-23-20(21)10-11-24-23/h6,9-14,17-18,26H,2-5,7-8H2,1H3,(H,24,25). The van der Waals surface area contributed by atoms with Crippen LogP contribution in [0, 0.1) is 0 Å². The molecular weight excluding hydrogens is 412 g/mol. The number of hydrogen-bond donors (Lipinski definition) is 2. The molecule has 31 heavy (non-hydrogen) atoms. The predicted octanol–water partition coefficient (Wildman–Crippen LogP) is 4.21. The summed E-state index contributed by atoms with van der Waals surface area (Å²) in [6.07, 6.45) is 7.88. The number of carbonyl (C=O) groups is 1. The number of aromatic amines is 1. The normalized spacial score (nSPS) is 16.8. The third kappa shape index (κ3) is 3.69. The van der Waals surface area contributed by atoms with Crippen LogP contribution in [0.3, 0.4) is 0 Å². The van der Waals surface area contributed by atoms with Gasteiger partial charge in [-0.3, -0.25) is 14.4 Å². The summed E-state index contributed by atoms with van der Waals surface area (Å²) in [6, 6.07) is 9.88. The van der Waals surface area contributed by atoms with Gasteiger partial charge in [0.15, 0.2) is 0 Å². The number of nitrogens with zero attached hydrogens (tertiary/aromatic N) is 2. The van der Waals surface area contributed by atoms with Crippen molar-refractivity contribution in [2.24, 2.45) is 0 Å². The van der Waals surface area contributed by atoms with Crippen molar-refractivity contribution in [2.75, 3.05) is 9.62 Å². The van der Waals surface area contributed by atoms with Crippen molar-refractivity contribution in [3.8, 4) is 11.1 Å². The van der Waals surface area contributed by atoms with Gasteiger partial charge in [-0.15, -0.1) is 0 Å². The second-order valence-corrected chi connectivity index (χ2v) is 10.4. The molecule has 5 rings (SSSR count). The SMILES string of the molecule is CCc1cc(NS(=O)(=O)C2CCC2)ccc1-c1cc(N(C=O)C2CC2)nc2[nH]ccc12. The number of amides is 1. The first-order valence-electron chi connectivity index (χ1n) is 10.9. The molecule has 0 saturated heterocycles. The lowest BCUT2D eigenvalue weighted by Gasteiger charge is -2.26. The molecule has 8 heteroatoms. The zero-order valence-corrected chi connectivity index (χ0v) is 18.3. The van der Waals surface area contributed by atoms with Crippen molar-refractivity contribution >= 4 is 39.0 Å². The van der Waals surface area contributed by atoms with Crippen LogP contribution in [-0.2, 0) is 21.2 Å². The number of H-pyrrole nitrogens is 1. The van der Waals surface area contributed by atoms with Crippen molar-refractivity contribution in [3.63, 3.8) is 0 Å². The van der Waals surface area contributed by atoms with Gasteiger partial charge in [-0.1, -0.05) is 19.4 Å². The number of aromatic nitrogens is 2. The minimum atomic E-state index is -3.34. The van der Waals surface area contributed by atoms with Crippen molar-refractivity contribution < 1.29 is 13.2 Å². The Hall–Kier alpha value is -2.87. The maximum absolute atomic E-state index is 12.5. The minimum absolute atomic E-state index is 0.221. The number of benzene rings is 1. The second-order valence-electron chi connectivity index (χ2n) is 8.44. The smallest absolute Gasteiger partial charge is 0.235 e. The number of pyridine rings is 1. The van der Waals surface area contributed by atoms with Crippen molar-refractivity contribution in [1.82, 2.24) is 9.97 Å². The molecule has 2 aromatic heterocycles. The Morgan fingerprint density at radius 2 is 1.97 bits per heavy atom. The molecule has 2 aliphatic carbocycles. The second kappa shape index (κ2) is 7.67. The molecule has 2 fully saturated rings. The highest BCUT2D eigenvalue weighted by Crippen LogP contribution is 2.37. The van der Waals surface area contributed by atoms with Crippen molar-refractivity contribution in [1.29, 1.82) is 0 Å². The lowest BCUT2D eigenvalue weighted by atomic mass is 9.96. The molecule has 7 nitrogen and oxygen atoms in total. The van der Waals surface area contributed by atoms with Crippen LogP contribution in [0.2, 0.25) is 0 Å². The Bertz CT molecular complexity index is 1240. The summed E-state index contributed by atoms with van der Waals surface area (Å²) >= 11 is 0. The first-order valence-corrected chi connectivity index (χ1v) is 12.4. The number of hydrogen-bond acceptors (Lipinski definition) is 4. The van der Waals surface area contributed by atoms with Crippen molar-refractivity contribution in [2.45, 2.75) is 56.7 Å². The van der Waals surface area contributed by atoms with Gasteiger partial charge in [0.2, 0.25) is 16.4 Å². The van der Waals surface area contributed by atoms with Gasteiger partial charge in [-0.25, -0.2) is 13.4 Å². The lowest BCUT2D eigenvalue weighted by molar-refractivity contribution is -0.107. The quantitative estimate of drug-likeness (QED) is 0.515. The molecule has 1 aromatic carbocycles. The maximum Gasteiger partial charge on any atom is 0.235 e. The van der Waals surface area contributed by atoms with E-state index in [4.69, 9.17) is 0 Å². The summed E-state index contributed by atoms with van der Waals surface area (Å²) in [5, 5.41) is 0.694. The van der Waals surface area contributed by atoms with E-state index in [-0.39, 0.29) is 11.3 Å². The summed E-state index contributed by atoms with van der Waals surface area (Å²) < 4.78 is 27.8. The molecular formula is C23H26N4O3S. The summed E-state index contributed by atoms with van der Waals surface area (Å²) in [5.74, 6) is 0.638. The molecule has 1 amide bonds. The topological polar surface area (TPSA) is 95.2 Å². The maximum atomic E-state index is 12.5. The molecule has 0 atom stereocenters. The number of fused-ring (bicyclic) bond motifs is 1. The number of sulfonamides is 1. The highest BCUT2D eigenvalue weighted by atomic mass is 32.2. The van der Waals surface area contributed by atoms with Crippen LogP contribution in [0.1, 0.15) is 44.6 Å². The van der Waals surface area contributed by atoms with Crippen LogP contribution in [-0.4, -0.2) is 36.1 Å². The molecule has 2 saturated carbocycles. The van der Waals surface area contributed by atoms with E-state index in [0.717, 1.165) is 72.7 Å². The fourth-order valence-electron chi connectivity index (χ4n) is 4.20. The first-order chi connectivity index (χ1) is 15.0. The van der Waals surface area contributed by atoms with Gasteiger partial charge < -0.3 is 4.98 Å². The molecule has 0 unspecified atom stereocenters. The van der Waals surface area contributed by atoms with E-state index in [1.807, 2.05) is 36.5 Å². The largest absolute Gasteiger partial charge is 0.346 e. The summed E-state index contributed by atoms with van der Waals surface area (Å²) in [5.41, 5.74) is 4.37. The number of nitrogens with one attached hydrogen (secondary N) is 2. The van der Waals surface area contributed by atoms with Crippen LogP contribution in [0.25, 0.3) is 22.2 Å². The van der Waals surface area contributed by atoms with Crippen LogP contribution in [0.5, 0.6) is 0 Å². The third-order valence-corrected chi connectivity index (χ3v) is 8.23. The van der Waals surface area contributed by atoms with Gasteiger partial charge in [0.05, 0.1) is 5.25 Å². The van der Waals surface area contributed by atoms with E-state index >= 15 is 0 Å². The van der Waals surface area contributed by atoms with E-state index in [9.17, 15) is 13.2 Å². The number of carbonyl (C=O) groups excluding carboxylic acids is 1. The molecule has 2 N–H and O–H groups in total. The molecule has 0 bridgehead atoms. The zero-order valence-electron chi connectivity index (χ0n) is 17.5. The molecule has 3 aromatic rings. The molecule has 0 aliphatic heterocycles. The van der Waals surface area contributed by atoms with Gasteiger partial charge in [0.25, 0.3) is 0 Å². The number of rotatable bonds is 8. The van der Waals surface area contributed by atoms with Crippen molar-refractivity contribution in [3.05, 3.63) is 42.1 Å². The predicted molar refractivity (Wildman–Crippen MR) is 123 cm³/mol. The van der Waals surface area contributed by atoms with Crippen LogP contribution < -0.4 is 9.62 Å². The van der Waals surface area contributed by atoms with Crippen LogP contribution in [0.4, 0.5) is 11.5 Å². The van der Waals surface area contributed by atoms with Gasteiger partial charge in [-0.2, -0.15) is 0 Å². The van der Waals surface area contributed by atoms with Gasteiger partial charge >= 0.3 is 0 Å². The Labute approximate surface area is 181 Å². The minimum Gasteiger partial charge on any atom is -0.346 e. The van der Waals surface area contributed by atoms with E-state index in [1.54, 1.807) is 4.90 Å². The van der Waals surface area contributed by atoms with Crippen LogP contribution >= 0.6 is 0 Å². The van der Waals surface area contributed by atoms with Gasteiger partial charge in [-0.05, 0) is 73.1 Å². The third-order valence-electron chi connectivity index (χ3n) is 6.36. The summed E-state index contributed by atoms with van der Waals surface area (Å²) in [7, 11) is -3.34. The van der Waals surface area contributed by atoms with Crippen LogP contribution in [0.15, 0.2) is 36.5 Å². The fourth-order valence-corrected chi connectivity index (χ4v) is 5.78. The Morgan fingerprint density at radius 3 is 2.61 bits per heavy atom. The molecule has 0 spiro atoms. The van der Waals surface area contributed by atoms with E-state index in [0.29, 0.717) is 11.5 Å². The zero-order chi connectivity index (χ0) is 21.6. The lowest BCUT2D eigenvalue weighted by Crippen LogP contribution is -2.33. The highest BCUT2D eigenvalue weighted by Gasteiger charge is 2.32. The molecule has 162 valence electrons. The number of aryl methyl sites for hydroxylation is 1. The molecule has 0 radical (unpaired) electrons. The number of anilines is 2. The first kappa shape index (κ1) is 20.1. The molecule has 2 aliphatic rings. The fraction of sp³-hybridized carbons (Fsp3) is 0.391. The summed E-state index contributed by atoms with van der Waals surface area (Å²) in [4.78, 5) is 21.2. The average molecular weight is 439 g/mol. The Balaban J connectivity index is 1.56. The summed E-state index contributed by atoms with van der Waals surface area (Å²) in [6.45, 7) is 2.06.